The van der Waals surface area contributed by atoms with E-state index in [1.807, 2.05) is 48.6 Å². The number of thioether (sulfide) groups is 1. The summed E-state index contributed by atoms with van der Waals surface area (Å²) >= 11 is 3.08. The van der Waals surface area contributed by atoms with Crippen molar-refractivity contribution >= 4 is 35.1 Å². The van der Waals surface area contributed by atoms with Crippen LogP contribution < -0.4 is 0 Å². The monoisotopic (exact) mass is 656 g/mol. The van der Waals surface area contributed by atoms with Crippen LogP contribution in [0.3, 0.4) is 0 Å². The summed E-state index contributed by atoms with van der Waals surface area (Å²) in [4.78, 5) is 31.8. The molecule has 5 rings (SSSR count). The van der Waals surface area contributed by atoms with Gasteiger partial charge >= 0.3 is 0 Å². The second-order valence-corrected chi connectivity index (χ2v) is 14.8. The SMILES string of the molecule is C=C\C(=C/C=C(C)/C(C=C)=C/C=C(\CC)Sc1cccc2c1C(=O)c1cccc(Sc3cccc(C)c3)c1C2=O)C1CCC(C)CC1. The molecule has 47 heavy (non-hydrogen) atoms. The third kappa shape index (κ3) is 8.00. The minimum Gasteiger partial charge on any atom is -0.289 e. The van der Waals surface area contributed by atoms with Crippen molar-refractivity contribution in [1.82, 2.24) is 0 Å². The predicted octanol–water partition coefficient (Wildman–Crippen LogP) is 12.3. The minimum atomic E-state index is -0.0989. The van der Waals surface area contributed by atoms with Gasteiger partial charge in [-0.15, -0.1) is 0 Å². The largest absolute Gasteiger partial charge is 0.289 e. The van der Waals surface area contributed by atoms with E-state index in [4.69, 9.17) is 0 Å². The van der Waals surface area contributed by atoms with E-state index in [0.717, 1.165) is 48.6 Å². The molecule has 3 aromatic carbocycles. The lowest BCUT2D eigenvalue weighted by Crippen LogP contribution is -2.22. The molecule has 0 heterocycles. The Morgan fingerprint density at radius 3 is 2.06 bits per heavy atom. The molecule has 1 saturated carbocycles. The Labute approximate surface area is 289 Å². The van der Waals surface area contributed by atoms with E-state index >= 15 is 0 Å². The topological polar surface area (TPSA) is 34.1 Å². The van der Waals surface area contributed by atoms with Crippen LogP contribution in [0.15, 0.2) is 147 Å². The van der Waals surface area contributed by atoms with E-state index in [2.05, 4.69) is 77.3 Å². The van der Waals surface area contributed by atoms with E-state index in [0.29, 0.717) is 28.2 Å². The second kappa shape index (κ2) is 15.8. The zero-order chi connectivity index (χ0) is 33.5. The zero-order valence-electron chi connectivity index (χ0n) is 28.0. The van der Waals surface area contributed by atoms with Crippen molar-refractivity contribution in [2.45, 2.75) is 74.5 Å². The summed E-state index contributed by atoms with van der Waals surface area (Å²) in [5, 5.41) is 0. The lowest BCUT2D eigenvalue weighted by atomic mass is 9.79. The Morgan fingerprint density at radius 2 is 1.45 bits per heavy atom. The Hall–Kier alpha value is -3.86. The molecular weight excluding hydrogens is 613 g/mol. The molecule has 2 aliphatic carbocycles. The summed E-state index contributed by atoms with van der Waals surface area (Å²) in [6.07, 6.45) is 18.3. The quantitative estimate of drug-likeness (QED) is 0.119. The van der Waals surface area contributed by atoms with Gasteiger partial charge in [0.2, 0.25) is 0 Å². The molecular formula is C43H44O2S2. The van der Waals surface area contributed by atoms with E-state index in [-0.39, 0.29) is 11.6 Å². The van der Waals surface area contributed by atoms with Crippen LogP contribution in [0.1, 0.15) is 90.3 Å². The van der Waals surface area contributed by atoms with Gasteiger partial charge in [0.1, 0.15) is 0 Å². The average molecular weight is 657 g/mol. The van der Waals surface area contributed by atoms with Gasteiger partial charge in [0.25, 0.3) is 0 Å². The van der Waals surface area contributed by atoms with E-state index in [1.54, 1.807) is 23.9 Å². The van der Waals surface area contributed by atoms with Gasteiger partial charge in [-0.1, -0.05) is 142 Å². The summed E-state index contributed by atoms with van der Waals surface area (Å²) in [5.41, 5.74) is 6.58. The van der Waals surface area contributed by atoms with Gasteiger partial charge in [-0.2, -0.15) is 0 Å². The molecule has 3 aromatic rings. The van der Waals surface area contributed by atoms with Crippen LogP contribution in [-0.2, 0) is 0 Å². The van der Waals surface area contributed by atoms with Gasteiger partial charge in [0, 0.05) is 36.9 Å². The number of ketones is 2. The molecule has 0 bridgehead atoms. The summed E-state index contributed by atoms with van der Waals surface area (Å²) in [6, 6.07) is 19.4. The summed E-state index contributed by atoms with van der Waals surface area (Å²) in [5.74, 6) is 1.21. The fourth-order valence-corrected chi connectivity index (χ4v) is 8.46. The first kappa shape index (κ1) is 34.5. The Balaban J connectivity index is 1.40. The Bertz CT molecular complexity index is 1830. The molecule has 0 unspecified atom stereocenters. The maximum absolute atomic E-state index is 14.0. The van der Waals surface area contributed by atoms with Crippen molar-refractivity contribution in [3.8, 4) is 0 Å². The first-order chi connectivity index (χ1) is 22.7. The van der Waals surface area contributed by atoms with Gasteiger partial charge in [-0.3, -0.25) is 9.59 Å². The van der Waals surface area contributed by atoms with Crippen LogP contribution in [0, 0.1) is 18.8 Å². The molecule has 0 atom stereocenters. The maximum Gasteiger partial charge on any atom is 0.195 e. The standard InChI is InChI=1S/C43H44O2S2/c1-7-31(30(6)21-24-32(8-2)33-22-19-28(4)20-23-33)25-26-34(9-3)46-38-17-11-15-36-40(38)42(44)37-16-12-18-39(41(37)43(36)45)47-35-14-10-13-29(5)27-35/h7-8,10-18,21,24-28,33H,1-2,9,19-20,22-23H2,3-6H3/b30-21+,31-25+,32-24+,34-26+. The first-order valence-electron chi connectivity index (χ1n) is 16.6. The molecule has 0 aliphatic heterocycles. The van der Waals surface area contributed by atoms with Gasteiger partial charge in [-0.25, -0.2) is 0 Å². The van der Waals surface area contributed by atoms with Gasteiger partial charge in [0.05, 0.1) is 0 Å². The van der Waals surface area contributed by atoms with Crippen molar-refractivity contribution in [3.63, 3.8) is 0 Å². The molecule has 0 radical (unpaired) electrons. The molecule has 0 amide bonds. The molecule has 1 fully saturated rings. The molecule has 2 aliphatic rings. The number of allylic oxidation sites excluding steroid dienone is 10. The molecule has 2 nitrogen and oxygen atoms in total. The van der Waals surface area contributed by atoms with Gasteiger partial charge in [-0.05, 0) is 90.8 Å². The van der Waals surface area contributed by atoms with Crippen molar-refractivity contribution in [3.05, 3.63) is 160 Å². The van der Waals surface area contributed by atoms with Crippen molar-refractivity contribution in [2.24, 2.45) is 11.8 Å². The highest BCUT2D eigenvalue weighted by atomic mass is 32.2. The average Bonchev–Trinajstić information content (AvgIpc) is 3.07. The van der Waals surface area contributed by atoms with Crippen molar-refractivity contribution < 1.29 is 9.59 Å². The zero-order valence-corrected chi connectivity index (χ0v) is 29.6. The number of hydrogen-bond donors (Lipinski definition) is 0. The van der Waals surface area contributed by atoms with Crippen LogP contribution in [-0.4, -0.2) is 11.6 Å². The van der Waals surface area contributed by atoms with Gasteiger partial charge in [0.15, 0.2) is 11.6 Å². The highest BCUT2D eigenvalue weighted by molar-refractivity contribution is 8.03. The lowest BCUT2D eigenvalue weighted by Gasteiger charge is -2.27. The van der Waals surface area contributed by atoms with Crippen LogP contribution >= 0.6 is 23.5 Å². The smallest absolute Gasteiger partial charge is 0.195 e. The van der Waals surface area contributed by atoms with E-state index < -0.39 is 0 Å². The fourth-order valence-electron chi connectivity index (χ4n) is 6.34. The van der Waals surface area contributed by atoms with E-state index in [1.165, 1.54) is 43.0 Å². The Kier molecular flexibility index (Phi) is 11.6. The number of carbonyl (C=O) groups excluding carboxylic acids is 2. The number of carbonyl (C=O) groups is 2. The highest BCUT2D eigenvalue weighted by Crippen LogP contribution is 2.41. The van der Waals surface area contributed by atoms with Gasteiger partial charge < -0.3 is 0 Å². The fraction of sp³-hybridized carbons (Fsp3) is 0.256. The van der Waals surface area contributed by atoms with Crippen LogP contribution in [0.5, 0.6) is 0 Å². The number of benzene rings is 3. The maximum atomic E-state index is 14.0. The third-order valence-corrected chi connectivity index (χ3v) is 11.5. The number of rotatable bonds is 11. The molecule has 4 heteroatoms. The molecule has 0 saturated heterocycles. The normalized spacial score (nSPS) is 18.9. The second-order valence-electron chi connectivity index (χ2n) is 12.5. The summed E-state index contributed by atoms with van der Waals surface area (Å²) in [6.45, 7) is 16.8. The highest BCUT2D eigenvalue weighted by Gasteiger charge is 2.33. The lowest BCUT2D eigenvalue weighted by molar-refractivity contribution is 0.0974. The molecule has 0 aromatic heterocycles. The summed E-state index contributed by atoms with van der Waals surface area (Å²) < 4.78 is 0. The number of fused-ring (bicyclic) bond motifs is 2. The molecule has 0 N–H and O–H groups in total. The minimum absolute atomic E-state index is 0.0980. The number of hydrogen-bond acceptors (Lipinski definition) is 4. The molecule has 240 valence electrons. The van der Waals surface area contributed by atoms with Crippen LogP contribution in [0.25, 0.3) is 0 Å². The number of aryl methyl sites for hydroxylation is 1. The van der Waals surface area contributed by atoms with Crippen molar-refractivity contribution in [1.29, 1.82) is 0 Å². The first-order valence-corrected chi connectivity index (χ1v) is 18.2. The predicted molar refractivity (Wildman–Crippen MR) is 201 cm³/mol. The third-order valence-electron chi connectivity index (χ3n) is 9.18. The Morgan fingerprint density at radius 1 is 0.809 bits per heavy atom. The van der Waals surface area contributed by atoms with Crippen LogP contribution in [0.2, 0.25) is 0 Å². The van der Waals surface area contributed by atoms with Crippen LogP contribution in [0.4, 0.5) is 0 Å². The summed E-state index contributed by atoms with van der Waals surface area (Å²) in [7, 11) is 0. The van der Waals surface area contributed by atoms with E-state index in [9.17, 15) is 9.59 Å². The van der Waals surface area contributed by atoms with Crippen molar-refractivity contribution in [2.75, 3.05) is 0 Å². The molecule has 0 spiro atoms.